The number of amides is 1. The summed E-state index contributed by atoms with van der Waals surface area (Å²) in [6, 6.07) is 4.30. The first-order valence-corrected chi connectivity index (χ1v) is 11.6. The minimum atomic E-state index is -3.19. The number of hydrogen-bond acceptors (Lipinski definition) is 7. The number of nitrogens with zero attached hydrogens (tertiary/aromatic N) is 7. The smallest absolute Gasteiger partial charge is 0.303 e. The molecule has 6 heterocycles. The summed E-state index contributed by atoms with van der Waals surface area (Å²) in [5.41, 5.74) is 1.05. The number of aryl methyl sites for hydroxylation is 1. The van der Waals surface area contributed by atoms with Gasteiger partial charge in [-0.05, 0) is 19.9 Å². The van der Waals surface area contributed by atoms with Gasteiger partial charge >= 0.3 is 5.92 Å². The maximum atomic E-state index is 14.1. The van der Waals surface area contributed by atoms with E-state index in [1.807, 2.05) is 0 Å². The van der Waals surface area contributed by atoms with E-state index in [2.05, 4.69) is 37.0 Å². The van der Waals surface area contributed by atoms with Crippen molar-refractivity contribution >= 4 is 28.4 Å². The van der Waals surface area contributed by atoms with Crippen LogP contribution in [0.3, 0.4) is 0 Å². The van der Waals surface area contributed by atoms with Gasteiger partial charge in [0.1, 0.15) is 5.82 Å². The Hall–Kier alpha value is -3.21. The molecule has 1 N–H and O–H groups in total. The largest absolute Gasteiger partial charge is 0.351 e. The lowest BCUT2D eigenvalue weighted by molar-refractivity contribution is -0.115. The summed E-state index contributed by atoms with van der Waals surface area (Å²) in [5, 5.41) is 8.37. The summed E-state index contributed by atoms with van der Waals surface area (Å²) < 4.78 is 29.7. The fraction of sp³-hybridized carbons (Fsp3) is 0.522. The number of halogens is 2. The molecule has 3 aliphatic heterocycles. The zero-order valence-electron chi connectivity index (χ0n) is 19.7. The highest BCUT2D eigenvalue weighted by atomic mass is 19.3. The summed E-state index contributed by atoms with van der Waals surface area (Å²) in [6.45, 7) is 9.06. The van der Waals surface area contributed by atoms with Crippen LogP contribution in [0.5, 0.6) is 0 Å². The zero-order valence-corrected chi connectivity index (χ0v) is 19.7. The number of fused-ring (bicyclic) bond motifs is 3. The standard InChI is InChI=1S/C23H28F2N8O/c1-5-20(34)28-18-9-17-16(10-26-18)21(31-11-14-8-15(12-31)32(14)6-2)30-33(17)19-7-13(3)27-22(29-19)23(4,24)25/h7,9-10,14-15H,5-6,8,11-12H2,1-4H3,(H,26,28,34). The minimum Gasteiger partial charge on any atom is -0.351 e. The highest BCUT2D eigenvalue weighted by molar-refractivity contribution is 5.95. The maximum absolute atomic E-state index is 14.1. The fourth-order valence-electron chi connectivity index (χ4n) is 4.94. The average molecular weight is 471 g/mol. The number of anilines is 2. The number of carbonyl (C=O) groups is 1. The molecule has 6 rings (SSSR count). The monoisotopic (exact) mass is 470 g/mol. The molecule has 0 radical (unpaired) electrons. The van der Waals surface area contributed by atoms with Gasteiger partial charge in [-0.3, -0.25) is 9.69 Å². The van der Waals surface area contributed by atoms with Crippen molar-refractivity contribution in [2.24, 2.45) is 0 Å². The van der Waals surface area contributed by atoms with Crippen LogP contribution in [0.25, 0.3) is 16.7 Å². The molecule has 0 aromatic carbocycles. The number of rotatable bonds is 6. The molecule has 3 aromatic rings. The van der Waals surface area contributed by atoms with Gasteiger partial charge in [0.25, 0.3) is 0 Å². The quantitative estimate of drug-likeness (QED) is 0.591. The zero-order chi connectivity index (χ0) is 24.2. The molecule has 0 saturated carbocycles. The lowest BCUT2D eigenvalue weighted by Gasteiger charge is -2.56. The van der Waals surface area contributed by atoms with Gasteiger partial charge in [-0.25, -0.2) is 19.6 Å². The Labute approximate surface area is 196 Å². The number of piperazine rings is 1. The fourth-order valence-corrected chi connectivity index (χ4v) is 4.94. The molecule has 2 bridgehead atoms. The van der Waals surface area contributed by atoms with Crippen molar-refractivity contribution in [2.75, 3.05) is 29.9 Å². The van der Waals surface area contributed by atoms with E-state index in [1.54, 1.807) is 36.9 Å². The number of aromatic nitrogens is 5. The number of likely N-dealkylation sites (N-methyl/N-ethyl adjacent to an activating group) is 1. The third-order valence-corrected chi connectivity index (χ3v) is 6.59. The topological polar surface area (TPSA) is 92.1 Å². The molecule has 3 fully saturated rings. The van der Waals surface area contributed by atoms with Crippen LogP contribution in [0, 0.1) is 6.92 Å². The van der Waals surface area contributed by atoms with Gasteiger partial charge in [0, 0.05) is 62.5 Å². The molecule has 3 aromatic heterocycles. The first-order chi connectivity index (χ1) is 16.2. The third-order valence-electron chi connectivity index (χ3n) is 6.59. The summed E-state index contributed by atoms with van der Waals surface area (Å²) in [7, 11) is 0. The number of pyridine rings is 1. The van der Waals surface area contributed by atoms with Gasteiger partial charge in [0.05, 0.1) is 10.9 Å². The average Bonchev–Trinajstić information content (AvgIpc) is 3.17. The first-order valence-electron chi connectivity index (χ1n) is 11.6. The molecule has 3 aliphatic rings. The third kappa shape index (κ3) is 3.87. The van der Waals surface area contributed by atoms with Crippen molar-refractivity contribution < 1.29 is 13.6 Å². The lowest BCUT2D eigenvalue weighted by atomic mass is 9.87. The molecule has 9 nitrogen and oxygen atoms in total. The Bertz CT molecular complexity index is 1240. The van der Waals surface area contributed by atoms with Crippen LogP contribution in [0.15, 0.2) is 18.3 Å². The molecular weight excluding hydrogens is 442 g/mol. The maximum Gasteiger partial charge on any atom is 0.303 e. The van der Waals surface area contributed by atoms with Gasteiger partial charge in [0.15, 0.2) is 11.6 Å². The predicted octanol–water partition coefficient (Wildman–Crippen LogP) is 3.26. The SMILES string of the molecule is CCC(=O)Nc1cc2c(cn1)c(N1CC3CC(C1)N3CC)nn2-c1cc(C)nc(C(C)(F)F)n1. The van der Waals surface area contributed by atoms with Gasteiger partial charge in [-0.2, -0.15) is 8.78 Å². The van der Waals surface area contributed by atoms with E-state index in [4.69, 9.17) is 5.10 Å². The molecule has 34 heavy (non-hydrogen) atoms. The summed E-state index contributed by atoms with van der Waals surface area (Å²) >= 11 is 0. The Kier molecular flexibility index (Phi) is 5.46. The molecule has 2 atom stereocenters. The summed E-state index contributed by atoms with van der Waals surface area (Å²) in [5.74, 6) is -2.55. The summed E-state index contributed by atoms with van der Waals surface area (Å²) in [4.78, 5) is 29.1. The van der Waals surface area contributed by atoms with Crippen LogP contribution in [0.1, 0.15) is 45.1 Å². The molecular formula is C23H28F2N8O. The van der Waals surface area contributed by atoms with E-state index in [0.29, 0.717) is 35.5 Å². The van der Waals surface area contributed by atoms with E-state index in [0.717, 1.165) is 37.8 Å². The Morgan fingerprint density at radius 1 is 1.21 bits per heavy atom. The Morgan fingerprint density at radius 3 is 2.59 bits per heavy atom. The van der Waals surface area contributed by atoms with Gasteiger partial charge < -0.3 is 10.2 Å². The molecule has 2 unspecified atom stereocenters. The molecule has 1 amide bonds. The van der Waals surface area contributed by atoms with Crippen LogP contribution < -0.4 is 10.2 Å². The molecule has 11 heteroatoms. The number of hydrogen-bond donors (Lipinski definition) is 1. The minimum absolute atomic E-state index is 0.167. The van der Waals surface area contributed by atoms with Crippen molar-refractivity contribution in [2.45, 2.75) is 58.5 Å². The normalized spacial score (nSPS) is 20.5. The molecule has 3 saturated heterocycles. The van der Waals surface area contributed by atoms with Crippen LogP contribution in [0.2, 0.25) is 0 Å². The first kappa shape index (κ1) is 22.6. The van der Waals surface area contributed by atoms with Crippen molar-refractivity contribution in [3.63, 3.8) is 0 Å². The Morgan fingerprint density at radius 2 is 1.94 bits per heavy atom. The van der Waals surface area contributed by atoms with Gasteiger partial charge in [-0.15, -0.1) is 5.10 Å². The van der Waals surface area contributed by atoms with E-state index in [-0.39, 0.29) is 11.7 Å². The van der Waals surface area contributed by atoms with Crippen LogP contribution in [-0.4, -0.2) is 67.3 Å². The number of alkyl halides is 2. The highest BCUT2D eigenvalue weighted by Crippen LogP contribution is 2.37. The van der Waals surface area contributed by atoms with E-state index >= 15 is 0 Å². The van der Waals surface area contributed by atoms with Gasteiger partial charge in [0.2, 0.25) is 11.7 Å². The predicted molar refractivity (Wildman–Crippen MR) is 124 cm³/mol. The molecule has 0 aliphatic carbocycles. The lowest BCUT2D eigenvalue weighted by Crippen LogP contribution is -2.68. The Balaban J connectivity index is 1.63. The second-order valence-electron chi connectivity index (χ2n) is 9.08. The van der Waals surface area contributed by atoms with Gasteiger partial charge in [-0.1, -0.05) is 13.8 Å². The van der Waals surface area contributed by atoms with E-state index in [1.165, 1.54) is 6.42 Å². The molecule has 180 valence electrons. The van der Waals surface area contributed by atoms with Crippen molar-refractivity contribution in [3.8, 4) is 5.82 Å². The highest BCUT2D eigenvalue weighted by Gasteiger charge is 2.44. The van der Waals surface area contributed by atoms with Crippen LogP contribution in [0.4, 0.5) is 20.4 Å². The number of piperidine rings is 1. The van der Waals surface area contributed by atoms with Crippen LogP contribution in [-0.2, 0) is 10.7 Å². The number of carbonyl (C=O) groups excluding carboxylic acids is 1. The van der Waals surface area contributed by atoms with E-state index in [9.17, 15) is 13.6 Å². The van der Waals surface area contributed by atoms with Crippen molar-refractivity contribution in [3.05, 3.63) is 29.8 Å². The van der Waals surface area contributed by atoms with Crippen molar-refractivity contribution in [1.82, 2.24) is 29.6 Å². The second-order valence-corrected chi connectivity index (χ2v) is 9.08. The van der Waals surface area contributed by atoms with Crippen molar-refractivity contribution in [1.29, 1.82) is 0 Å². The number of nitrogens with one attached hydrogen (secondary N) is 1. The van der Waals surface area contributed by atoms with Crippen LogP contribution >= 0.6 is 0 Å². The second kappa shape index (κ2) is 8.23. The summed E-state index contributed by atoms with van der Waals surface area (Å²) in [6.07, 6.45) is 3.17. The molecule has 0 spiro atoms. The van der Waals surface area contributed by atoms with E-state index < -0.39 is 11.7 Å².